The number of methoxy groups -OCH3 is 1. The van der Waals surface area contributed by atoms with Crippen LogP contribution < -0.4 is 10.2 Å². The zero-order valence-corrected chi connectivity index (χ0v) is 12.6. The second kappa shape index (κ2) is 7.17. The Balaban J connectivity index is 2.05. The molecule has 2 rings (SSSR count). The molecular formula is C16H15N3O4. The van der Waals surface area contributed by atoms with Crippen LogP contribution >= 0.6 is 0 Å². The standard InChI is InChI=1S/C16H15N3O4/c1-11-3-6-13(9-15(11)19(21)22)16(20)18-17-10-12-4-7-14(23-2)8-5-12/h3-10H,1-2H3,(H,18,20)/b17-10+. The van der Waals surface area contributed by atoms with Crippen LogP contribution in [0.2, 0.25) is 0 Å². The molecule has 23 heavy (non-hydrogen) atoms. The number of hydrogen-bond acceptors (Lipinski definition) is 5. The third-order valence-electron chi connectivity index (χ3n) is 3.16. The summed E-state index contributed by atoms with van der Waals surface area (Å²) >= 11 is 0. The molecule has 0 heterocycles. The molecule has 2 aromatic rings. The van der Waals surface area contributed by atoms with Gasteiger partial charge in [0.25, 0.3) is 11.6 Å². The smallest absolute Gasteiger partial charge is 0.273 e. The molecule has 0 atom stereocenters. The van der Waals surface area contributed by atoms with Gasteiger partial charge in [0.15, 0.2) is 0 Å². The number of carbonyl (C=O) groups is 1. The number of amides is 1. The minimum atomic E-state index is -0.521. The molecule has 1 amide bonds. The van der Waals surface area contributed by atoms with E-state index in [9.17, 15) is 14.9 Å². The normalized spacial score (nSPS) is 10.5. The van der Waals surface area contributed by atoms with Crippen LogP contribution in [0, 0.1) is 17.0 Å². The van der Waals surface area contributed by atoms with Gasteiger partial charge < -0.3 is 4.74 Å². The maximum absolute atomic E-state index is 12.0. The molecule has 0 aliphatic carbocycles. The molecule has 1 N–H and O–H groups in total. The minimum Gasteiger partial charge on any atom is -0.497 e. The van der Waals surface area contributed by atoms with Crippen LogP contribution in [0.5, 0.6) is 5.75 Å². The number of benzene rings is 2. The molecule has 0 fully saturated rings. The zero-order chi connectivity index (χ0) is 16.8. The van der Waals surface area contributed by atoms with Gasteiger partial charge in [-0.3, -0.25) is 14.9 Å². The largest absolute Gasteiger partial charge is 0.497 e. The first-order chi connectivity index (χ1) is 11.0. The lowest BCUT2D eigenvalue weighted by molar-refractivity contribution is -0.385. The highest BCUT2D eigenvalue weighted by Gasteiger charge is 2.14. The van der Waals surface area contributed by atoms with Crippen molar-refractivity contribution in [2.75, 3.05) is 7.11 Å². The predicted octanol–water partition coefficient (Wildman–Crippen LogP) is 2.68. The van der Waals surface area contributed by atoms with Crippen molar-refractivity contribution in [1.82, 2.24) is 5.43 Å². The Morgan fingerprint density at radius 3 is 2.57 bits per heavy atom. The second-order valence-electron chi connectivity index (χ2n) is 4.73. The second-order valence-corrected chi connectivity index (χ2v) is 4.73. The van der Waals surface area contributed by atoms with E-state index < -0.39 is 10.8 Å². The average Bonchev–Trinajstić information content (AvgIpc) is 2.55. The summed E-state index contributed by atoms with van der Waals surface area (Å²) in [6, 6.07) is 11.4. The van der Waals surface area contributed by atoms with Crippen LogP contribution in [-0.4, -0.2) is 24.2 Å². The van der Waals surface area contributed by atoms with Gasteiger partial charge in [-0.1, -0.05) is 6.07 Å². The molecule has 7 heteroatoms. The van der Waals surface area contributed by atoms with Crippen molar-refractivity contribution in [2.24, 2.45) is 5.10 Å². The number of aryl methyl sites for hydroxylation is 1. The molecule has 0 saturated carbocycles. The van der Waals surface area contributed by atoms with E-state index in [0.717, 1.165) is 11.3 Å². The van der Waals surface area contributed by atoms with Gasteiger partial charge in [0.05, 0.1) is 18.2 Å². The topological polar surface area (TPSA) is 93.8 Å². The van der Waals surface area contributed by atoms with E-state index in [4.69, 9.17) is 4.74 Å². The highest BCUT2D eigenvalue weighted by atomic mass is 16.6. The summed E-state index contributed by atoms with van der Waals surface area (Å²) < 4.78 is 5.04. The SMILES string of the molecule is COc1ccc(/C=N/NC(=O)c2ccc(C)c([N+](=O)[O-])c2)cc1. The van der Waals surface area contributed by atoms with Crippen molar-refractivity contribution >= 4 is 17.8 Å². The van der Waals surface area contributed by atoms with Crippen LogP contribution in [0.15, 0.2) is 47.6 Å². The van der Waals surface area contributed by atoms with Crippen molar-refractivity contribution in [1.29, 1.82) is 0 Å². The fraction of sp³-hybridized carbons (Fsp3) is 0.125. The van der Waals surface area contributed by atoms with E-state index in [1.54, 1.807) is 38.3 Å². The summed E-state index contributed by atoms with van der Waals surface area (Å²) in [6.45, 7) is 1.61. The first kappa shape index (κ1) is 16.2. The Hall–Kier alpha value is -3.22. The van der Waals surface area contributed by atoms with Gasteiger partial charge in [0.1, 0.15) is 5.75 Å². The van der Waals surface area contributed by atoms with Crippen molar-refractivity contribution in [3.05, 3.63) is 69.3 Å². The molecule has 0 aromatic heterocycles. The van der Waals surface area contributed by atoms with Crippen LogP contribution in [0.1, 0.15) is 21.5 Å². The molecule has 0 spiro atoms. The molecule has 118 valence electrons. The van der Waals surface area contributed by atoms with E-state index in [1.165, 1.54) is 24.4 Å². The number of carbonyl (C=O) groups excluding carboxylic acids is 1. The Morgan fingerprint density at radius 2 is 1.96 bits per heavy atom. The van der Waals surface area contributed by atoms with Gasteiger partial charge in [-0.25, -0.2) is 5.43 Å². The first-order valence-corrected chi connectivity index (χ1v) is 6.74. The van der Waals surface area contributed by atoms with Gasteiger partial charge in [0, 0.05) is 17.2 Å². The van der Waals surface area contributed by atoms with Crippen molar-refractivity contribution in [3.8, 4) is 5.75 Å². The van der Waals surface area contributed by atoms with Gasteiger partial charge in [-0.2, -0.15) is 5.10 Å². The fourth-order valence-electron chi connectivity index (χ4n) is 1.87. The Bertz CT molecular complexity index is 754. The molecular weight excluding hydrogens is 298 g/mol. The number of nitrogens with zero attached hydrogens (tertiary/aromatic N) is 2. The van der Waals surface area contributed by atoms with E-state index in [1.807, 2.05) is 0 Å². The van der Waals surface area contributed by atoms with Crippen LogP contribution in [0.3, 0.4) is 0 Å². The summed E-state index contributed by atoms with van der Waals surface area (Å²) in [5, 5.41) is 14.7. The summed E-state index contributed by atoms with van der Waals surface area (Å²) in [7, 11) is 1.57. The summed E-state index contributed by atoms with van der Waals surface area (Å²) in [5.74, 6) is 0.205. The van der Waals surface area contributed by atoms with Crippen molar-refractivity contribution in [3.63, 3.8) is 0 Å². The maximum atomic E-state index is 12.0. The molecule has 0 bridgehead atoms. The molecule has 2 aromatic carbocycles. The first-order valence-electron chi connectivity index (χ1n) is 6.74. The minimum absolute atomic E-state index is 0.100. The van der Waals surface area contributed by atoms with Crippen LogP contribution in [0.4, 0.5) is 5.69 Å². The van der Waals surface area contributed by atoms with Crippen LogP contribution in [-0.2, 0) is 0 Å². The number of hydrazone groups is 1. The number of nitro benzene ring substituents is 1. The van der Waals surface area contributed by atoms with Gasteiger partial charge in [0.2, 0.25) is 0 Å². The lowest BCUT2D eigenvalue weighted by Crippen LogP contribution is -2.17. The third-order valence-corrected chi connectivity index (χ3v) is 3.16. The number of hydrogen-bond donors (Lipinski definition) is 1. The quantitative estimate of drug-likeness (QED) is 0.521. The fourth-order valence-corrected chi connectivity index (χ4v) is 1.87. The lowest BCUT2D eigenvalue weighted by Gasteiger charge is -2.02. The number of nitrogens with one attached hydrogen (secondary N) is 1. The van der Waals surface area contributed by atoms with E-state index >= 15 is 0 Å². The highest BCUT2D eigenvalue weighted by Crippen LogP contribution is 2.19. The lowest BCUT2D eigenvalue weighted by atomic mass is 10.1. The number of nitro groups is 1. The molecule has 0 aliphatic rings. The average molecular weight is 313 g/mol. The highest BCUT2D eigenvalue weighted by molar-refractivity contribution is 5.95. The Labute approximate surface area is 132 Å². The molecule has 0 aliphatic heterocycles. The summed E-state index contributed by atoms with van der Waals surface area (Å²) in [4.78, 5) is 22.3. The van der Waals surface area contributed by atoms with Crippen LogP contribution in [0.25, 0.3) is 0 Å². The molecule has 0 saturated heterocycles. The van der Waals surface area contributed by atoms with E-state index in [-0.39, 0.29) is 11.3 Å². The monoisotopic (exact) mass is 313 g/mol. The third kappa shape index (κ3) is 4.13. The van der Waals surface area contributed by atoms with Gasteiger partial charge in [-0.15, -0.1) is 0 Å². The summed E-state index contributed by atoms with van der Waals surface area (Å²) in [6.07, 6.45) is 1.47. The predicted molar refractivity (Wildman–Crippen MR) is 85.9 cm³/mol. The Morgan fingerprint density at radius 1 is 1.26 bits per heavy atom. The summed E-state index contributed by atoms with van der Waals surface area (Å²) in [5.41, 5.74) is 3.69. The molecule has 7 nitrogen and oxygen atoms in total. The Kier molecular flexibility index (Phi) is 5.03. The van der Waals surface area contributed by atoms with E-state index in [2.05, 4.69) is 10.5 Å². The molecule has 0 unspecified atom stereocenters. The number of rotatable bonds is 5. The molecule has 0 radical (unpaired) electrons. The zero-order valence-electron chi connectivity index (χ0n) is 12.6. The van der Waals surface area contributed by atoms with Gasteiger partial charge in [-0.05, 0) is 42.8 Å². The van der Waals surface area contributed by atoms with Crippen molar-refractivity contribution in [2.45, 2.75) is 6.92 Å². The maximum Gasteiger partial charge on any atom is 0.273 e. The van der Waals surface area contributed by atoms with Crippen molar-refractivity contribution < 1.29 is 14.5 Å². The van der Waals surface area contributed by atoms with E-state index in [0.29, 0.717) is 5.56 Å². The van der Waals surface area contributed by atoms with Gasteiger partial charge >= 0.3 is 0 Å². The number of ether oxygens (including phenoxy) is 1.